The highest BCUT2D eigenvalue weighted by Crippen LogP contribution is 2.22. The predicted octanol–water partition coefficient (Wildman–Crippen LogP) is -1.25. The lowest BCUT2D eigenvalue weighted by atomic mass is 9.99. The number of rotatable bonds is 4. The summed E-state index contributed by atoms with van der Waals surface area (Å²) < 4.78 is 9.89. The van der Waals surface area contributed by atoms with Gasteiger partial charge in [-0.1, -0.05) is 18.2 Å². The topological polar surface area (TPSA) is 137 Å². The van der Waals surface area contributed by atoms with Crippen molar-refractivity contribution in [2.24, 2.45) is 0 Å². The Hall–Kier alpha value is -1.97. The number of phenols is 1. The average Bonchev–Trinajstić information content (AvgIpc) is 2.54. The Bertz CT molecular complexity index is 570. The molecule has 1 aliphatic rings. The molecule has 1 aromatic carbocycles. The molecule has 1 unspecified atom stereocenters. The van der Waals surface area contributed by atoms with E-state index in [0.29, 0.717) is 5.56 Å². The number of phenolic OH excluding ortho intramolecular Hbond substituents is 1. The molecule has 0 spiro atoms. The van der Waals surface area contributed by atoms with E-state index in [1.54, 1.807) is 18.2 Å². The van der Waals surface area contributed by atoms with Gasteiger partial charge in [0.25, 0.3) is 0 Å². The fraction of sp³-hybridized carbons (Fsp3) is 0.400. The summed E-state index contributed by atoms with van der Waals surface area (Å²) in [5.41, 5.74) is 0.387. The fourth-order valence-corrected chi connectivity index (χ4v) is 2.10. The Labute approximate surface area is 131 Å². The van der Waals surface area contributed by atoms with Gasteiger partial charge in [0.15, 0.2) is 0 Å². The van der Waals surface area contributed by atoms with Crippen LogP contribution in [0.3, 0.4) is 0 Å². The molecule has 0 radical (unpaired) electrons. The first-order chi connectivity index (χ1) is 10.9. The first kappa shape index (κ1) is 17.4. The van der Waals surface area contributed by atoms with Crippen LogP contribution in [-0.4, -0.2) is 68.8 Å². The van der Waals surface area contributed by atoms with Gasteiger partial charge in [-0.25, -0.2) is 4.79 Å². The van der Waals surface area contributed by atoms with Gasteiger partial charge in [-0.15, -0.1) is 0 Å². The van der Waals surface area contributed by atoms with Gasteiger partial charge in [0.2, 0.25) is 6.29 Å². The highest BCUT2D eigenvalue weighted by molar-refractivity contribution is 5.87. The van der Waals surface area contributed by atoms with Gasteiger partial charge >= 0.3 is 5.97 Å². The van der Waals surface area contributed by atoms with E-state index in [-0.39, 0.29) is 5.75 Å². The highest BCUT2D eigenvalue weighted by atomic mass is 16.7. The lowest BCUT2D eigenvalue weighted by molar-refractivity contribution is -0.291. The molecule has 0 aromatic heterocycles. The normalized spacial score (nSPS) is 31.2. The van der Waals surface area contributed by atoms with Gasteiger partial charge in [0.1, 0.15) is 30.2 Å². The summed E-state index contributed by atoms with van der Waals surface area (Å²) >= 11 is 0. The molecule has 0 aliphatic carbocycles. The molecule has 0 bridgehead atoms. The maximum atomic E-state index is 11.7. The number of carbonyl (C=O) groups excluding carboxylic acids is 1. The van der Waals surface area contributed by atoms with E-state index < -0.39 is 43.3 Å². The molecule has 1 fully saturated rings. The zero-order chi connectivity index (χ0) is 17.0. The molecule has 0 saturated carbocycles. The number of hydrogen-bond donors (Lipinski definition) is 5. The summed E-state index contributed by atoms with van der Waals surface area (Å²) in [6.07, 6.45) is -5.18. The monoisotopic (exact) mass is 326 g/mol. The van der Waals surface area contributed by atoms with Gasteiger partial charge in [-0.05, 0) is 12.1 Å². The Morgan fingerprint density at radius 3 is 2.52 bits per heavy atom. The maximum absolute atomic E-state index is 11.7. The summed E-state index contributed by atoms with van der Waals surface area (Å²) in [6, 6.07) is 6.32. The number of hydrogen-bond acceptors (Lipinski definition) is 8. The van der Waals surface area contributed by atoms with Gasteiger partial charge in [-0.2, -0.15) is 0 Å². The summed E-state index contributed by atoms with van der Waals surface area (Å²) in [7, 11) is 0. The van der Waals surface area contributed by atoms with Crippen molar-refractivity contribution in [2.45, 2.75) is 30.7 Å². The summed E-state index contributed by atoms with van der Waals surface area (Å²) in [4.78, 5) is 11.7. The lowest BCUT2D eigenvalue weighted by Crippen LogP contribution is -2.59. The average molecular weight is 326 g/mol. The highest BCUT2D eigenvalue weighted by Gasteiger charge is 2.45. The smallest absolute Gasteiger partial charge is 0.333 e. The molecular weight excluding hydrogens is 308 g/mol. The summed E-state index contributed by atoms with van der Waals surface area (Å²) in [5.74, 6) is -0.915. The van der Waals surface area contributed by atoms with Crippen LogP contribution in [0.4, 0.5) is 0 Å². The Morgan fingerprint density at radius 2 is 1.87 bits per heavy atom. The minimum atomic E-state index is -1.66. The minimum Gasteiger partial charge on any atom is -0.507 e. The molecule has 1 saturated heterocycles. The van der Waals surface area contributed by atoms with E-state index in [4.69, 9.17) is 14.6 Å². The number of aliphatic hydroxyl groups is 4. The molecular formula is C15H18O8. The van der Waals surface area contributed by atoms with Crippen LogP contribution in [0.15, 0.2) is 30.3 Å². The number of ether oxygens (including phenoxy) is 2. The number of carbonyl (C=O) groups is 1. The first-order valence-electron chi connectivity index (χ1n) is 6.91. The molecule has 8 nitrogen and oxygen atoms in total. The third-order valence-corrected chi connectivity index (χ3v) is 3.42. The van der Waals surface area contributed by atoms with Crippen LogP contribution in [0.25, 0.3) is 6.08 Å². The molecule has 0 amide bonds. The minimum absolute atomic E-state index is 0.0237. The van der Waals surface area contributed by atoms with Crippen molar-refractivity contribution in [3.63, 3.8) is 0 Å². The number of aliphatic hydroxyl groups excluding tert-OH is 4. The third-order valence-electron chi connectivity index (χ3n) is 3.42. The van der Waals surface area contributed by atoms with Gasteiger partial charge < -0.3 is 35.0 Å². The second kappa shape index (κ2) is 7.53. The van der Waals surface area contributed by atoms with Crippen LogP contribution in [0.2, 0.25) is 0 Å². The van der Waals surface area contributed by atoms with E-state index in [9.17, 15) is 25.2 Å². The third kappa shape index (κ3) is 4.06. The Kier molecular flexibility index (Phi) is 5.69. The summed E-state index contributed by atoms with van der Waals surface area (Å²) in [5, 5.41) is 47.5. The molecule has 5 N–H and O–H groups in total. The molecule has 1 aliphatic heterocycles. The quantitative estimate of drug-likeness (QED) is 0.342. The molecule has 1 aromatic rings. The van der Waals surface area contributed by atoms with Crippen LogP contribution in [0.5, 0.6) is 5.75 Å². The standard InChI is InChI=1S/C15H18O8/c16-7-10-12(19)13(20)14(21)15(22-10)23-11(18)6-5-8-3-1-2-4-9(8)17/h1-6,10,12-17,19-21H,7H2/t10-,12-,13+,14-,15?/m1/s1. The van der Waals surface area contributed by atoms with Crippen LogP contribution < -0.4 is 0 Å². The van der Waals surface area contributed by atoms with Crippen molar-refractivity contribution in [3.05, 3.63) is 35.9 Å². The van der Waals surface area contributed by atoms with E-state index in [0.717, 1.165) is 6.08 Å². The zero-order valence-electron chi connectivity index (χ0n) is 12.0. The van der Waals surface area contributed by atoms with Crippen molar-refractivity contribution in [1.82, 2.24) is 0 Å². The van der Waals surface area contributed by atoms with Crippen molar-refractivity contribution < 1.29 is 39.8 Å². The lowest BCUT2D eigenvalue weighted by Gasteiger charge is -2.38. The SMILES string of the molecule is O=C(C=Cc1ccccc1O)OC1O[C@H](CO)[C@@H](O)[C@H](O)[C@H]1O. The van der Waals surface area contributed by atoms with Crippen molar-refractivity contribution in [1.29, 1.82) is 0 Å². The van der Waals surface area contributed by atoms with Gasteiger partial charge in [-0.3, -0.25) is 0 Å². The molecule has 2 rings (SSSR count). The van der Waals surface area contributed by atoms with E-state index in [1.165, 1.54) is 12.1 Å². The Morgan fingerprint density at radius 1 is 1.17 bits per heavy atom. The van der Waals surface area contributed by atoms with Gasteiger partial charge in [0, 0.05) is 11.6 Å². The molecule has 23 heavy (non-hydrogen) atoms. The molecule has 5 atom stereocenters. The number of benzene rings is 1. The van der Waals surface area contributed by atoms with Crippen molar-refractivity contribution in [2.75, 3.05) is 6.61 Å². The first-order valence-corrected chi connectivity index (χ1v) is 6.91. The van der Waals surface area contributed by atoms with E-state index >= 15 is 0 Å². The van der Waals surface area contributed by atoms with Crippen LogP contribution in [-0.2, 0) is 14.3 Å². The second-order valence-electron chi connectivity index (χ2n) is 5.03. The number of aromatic hydroxyl groups is 1. The van der Waals surface area contributed by atoms with Crippen LogP contribution >= 0.6 is 0 Å². The molecule has 1 heterocycles. The number of para-hydroxylation sites is 1. The largest absolute Gasteiger partial charge is 0.507 e. The van der Waals surface area contributed by atoms with E-state index in [1.807, 2.05) is 0 Å². The zero-order valence-corrected chi connectivity index (χ0v) is 12.0. The number of esters is 1. The molecule has 8 heteroatoms. The van der Waals surface area contributed by atoms with Crippen LogP contribution in [0, 0.1) is 0 Å². The van der Waals surface area contributed by atoms with Crippen LogP contribution in [0.1, 0.15) is 5.56 Å². The fourth-order valence-electron chi connectivity index (χ4n) is 2.10. The van der Waals surface area contributed by atoms with Crippen molar-refractivity contribution in [3.8, 4) is 5.75 Å². The maximum Gasteiger partial charge on any atom is 0.333 e. The second-order valence-corrected chi connectivity index (χ2v) is 5.03. The molecule has 126 valence electrons. The predicted molar refractivity (Wildman–Crippen MR) is 77.0 cm³/mol. The van der Waals surface area contributed by atoms with E-state index in [2.05, 4.69) is 0 Å². The van der Waals surface area contributed by atoms with Gasteiger partial charge in [0.05, 0.1) is 6.61 Å². The Balaban J connectivity index is 2.00. The summed E-state index contributed by atoms with van der Waals surface area (Å²) in [6.45, 7) is -0.618. The van der Waals surface area contributed by atoms with Crippen molar-refractivity contribution >= 4 is 12.0 Å².